The second-order valence-corrected chi connectivity index (χ2v) is 6.84. The average Bonchev–Trinajstić information content (AvgIpc) is 3.13. The van der Waals surface area contributed by atoms with Crippen molar-refractivity contribution < 1.29 is 9.59 Å². The lowest BCUT2D eigenvalue weighted by Gasteiger charge is -2.20. The molecule has 1 saturated heterocycles. The second kappa shape index (κ2) is 5.92. The van der Waals surface area contributed by atoms with Gasteiger partial charge in [-0.15, -0.1) is 0 Å². The molecular formula is C17H21ClN2O2. The van der Waals surface area contributed by atoms with E-state index in [9.17, 15) is 9.59 Å². The summed E-state index contributed by atoms with van der Waals surface area (Å²) >= 11 is 5.90. The van der Waals surface area contributed by atoms with Crippen molar-refractivity contribution in [2.24, 2.45) is 5.92 Å². The molecule has 2 amide bonds. The molecule has 1 aliphatic heterocycles. The molecule has 4 nitrogen and oxygen atoms in total. The lowest BCUT2D eigenvalue weighted by atomic mass is 10.0. The summed E-state index contributed by atoms with van der Waals surface area (Å²) in [6, 6.07) is 7.77. The Balaban J connectivity index is 1.59. The summed E-state index contributed by atoms with van der Waals surface area (Å²) in [6.07, 6.45) is 3.17. The van der Waals surface area contributed by atoms with E-state index in [1.54, 1.807) is 4.90 Å². The Kier molecular flexibility index (Phi) is 4.13. The van der Waals surface area contributed by atoms with Gasteiger partial charge < -0.3 is 10.2 Å². The first-order valence-electron chi connectivity index (χ1n) is 7.85. The Morgan fingerprint density at radius 1 is 1.36 bits per heavy atom. The van der Waals surface area contributed by atoms with Crippen molar-refractivity contribution in [3.63, 3.8) is 0 Å². The largest absolute Gasteiger partial charge is 0.350 e. The predicted octanol–water partition coefficient (Wildman–Crippen LogP) is 2.40. The van der Waals surface area contributed by atoms with Crippen molar-refractivity contribution in [2.45, 2.75) is 38.1 Å². The highest BCUT2D eigenvalue weighted by atomic mass is 35.5. The topological polar surface area (TPSA) is 49.4 Å². The van der Waals surface area contributed by atoms with E-state index in [0.717, 1.165) is 24.3 Å². The first kappa shape index (κ1) is 15.3. The first-order valence-corrected chi connectivity index (χ1v) is 8.23. The van der Waals surface area contributed by atoms with E-state index in [-0.39, 0.29) is 23.3 Å². The molecule has 1 N–H and O–H groups in total. The molecule has 1 heterocycles. The van der Waals surface area contributed by atoms with Crippen LogP contribution < -0.4 is 5.32 Å². The van der Waals surface area contributed by atoms with Crippen molar-refractivity contribution in [1.29, 1.82) is 0 Å². The van der Waals surface area contributed by atoms with Crippen LogP contribution in [0.5, 0.6) is 0 Å². The van der Waals surface area contributed by atoms with Gasteiger partial charge in [-0.3, -0.25) is 9.59 Å². The number of likely N-dealkylation sites (tertiary alicyclic amines) is 1. The fourth-order valence-electron chi connectivity index (χ4n) is 3.11. The van der Waals surface area contributed by atoms with Gasteiger partial charge in [-0.25, -0.2) is 0 Å². The number of amides is 2. The van der Waals surface area contributed by atoms with Gasteiger partial charge in [0, 0.05) is 30.1 Å². The maximum absolute atomic E-state index is 12.4. The number of nitrogens with one attached hydrogen (secondary N) is 1. The Bertz CT molecular complexity index is 581. The summed E-state index contributed by atoms with van der Waals surface area (Å²) in [6.45, 7) is 3.18. The molecule has 0 radical (unpaired) electrons. The van der Waals surface area contributed by atoms with Gasteiger partial charge in [-0.05, 0) is 43.9 Å². The predicted molar refractivity (Wildman–Crippen MR) is 85.6 cm³/mol. The van der Waals surface area contributed by atoms with Gasteiger partial charge in [0.25, 0.3) is 0 Å². The SMILES string of the molecule is CCN1C[C@H](C(=O)NC2(Cc3ccc(Cl)cc3)CC2)CC1=O. The first-order chi connectivity index (χ1) is 10.5. The summed E-state index contributed by atoms with van der Waals surface area (Å²) in [5, 5.41) is 3.91. The van der Waals surface area contributed by atoms with E-state index in [4.69, 9.17) is 11.6 Å². The Morgan fingerprint density at radius 2 is 2.05 bits per heavy atom. The van der Waals surface area contributed by atoms with Crippen LogP contribution in [-0.2, 0) is 16.0 Å². The quantitative estimate of drug-likeness (QED) is 0.905. The van der Waals surface area contributed by atoms with Gasteiger partial charge in [0.2, 0.25) is 11.8 Å². The number of hydrogen-bond donors (Lipinski definition) is 1. The summed E-state index contributed by atoms with van der Waals surface area (Å²) < 4.78 is 0. The molecule has 0 unspecified atom stereocenters. The summed E-state index contributed by atoms with van der Waals surface area (Å²) in [5.74, 6) is -0.0869. The van der Waals surface area contributed by atoms with E-state index < -0.39 is 0 Å². The highest BCUT2D eigenvalue weighted by molar-refractivity contribution is 6.30. The molecule has 1 aromatic carbocycles. The average molecular weight is 321 g/mol. The standard InChI is InChI=1S/C17H21ClN2O2/c1-2-20-11-13(9-15(20)21)16(22)19-17(7-8-17)10-12-3-5-14(18)6-4-12/h3-6,13H,2,7-11H2,1H3,(H,19,22)/t13-/m1/s1. The molecule has 118 valence electrons. The van der Waals surface area contributed by atoms with Gasteiger partial charge in [0.05, 0.1) is 5.92 Å². The van der Waals surface area contributed by atoms with Crippen LogP contribution in [0.25, 0.3) is 0 Å². The summed E-state index contributed by atoms with van der Waals surface area (Å²) in [7, 11) is 0. The highest BCUT2D eigenvalue weighted by Crippen LogP contribution is 2.39. The maximum atomic E-state index is 12.4. The molecule has 2 fully saturated rings. The minimum Gasteiger partial charge on any atom is -0.350 e. The van der Waals surface area contributed by atoms with Gasteiger partial charge in [0.15, 0.2) is 0 Å². The van der Waals surface area contributed by atoms with Crippen LogP contribution in [-0.4, -0.2) is 35.3 Å². The minimum absolute atomic E-state index is 0.0239. The lowest BCUT2D eigenvalue weighted by molar-refractivity contribution is -0.129. The third-order valence-corrected chi connectivity index (χ3v) is 4.92. The fourth-order valence-corrected chi connectivity index (χ4v) is 3.23. The zero-order chi connectivity index (χ0) is 15.7. The molecule has 0 bridgehead atoms. The third-order valence-electron chi connectivity index (χ3n) is 4.66. The number of rotatable bonds is 5. The lowest BCUT2D eigenvalue weighted by Crippen LogP contribution is -2.42. The molecule has 22 heavy (non-hydrogen) atoms. The van der Waals surface area contributed by atoms with Crippen LogP contribution in [0.4, 0.5) is 0 Å². The molecule has 5 heteroatoms. The highest BCUT2D eigenvalue weighted by Gasteiger charge is 2.46. The molecule has 1 aromatic rings. The fraction of sp³-hybridized carbons (Fsp3) is 0.529. The molecule has 0 spiro atoms. The van der Waals surface area contributed by atoms with Crippen molar-refractivity contribution >= 4 is 23.4 Å². The van der Waals surface area contributed by atoms with Crippen molar-refractivity contribution in [3.05, 3.63) is 34.9 Å². The minimum atomic E-state index is -0.199. The smallest absolute Gasteiger partial charge is 0.225 e. The van der Waals surface area contributed by atoms with E-state index >= 15 is 0 Å². The molecule has 2 aliphatic rings. The zero-order valence-electron chi connectivity index (χ0n) is 12.8. The zero-order valence-corrected chi connectivity index (χ0v) is 13.5. The number of carbonyl (C=O) groups excluding carboxylic acids is 2. The number of carbonyl (C=O) groups is 2. The third kappa shape index (κ3) is 3.27. The number of benzene rings is 1. The number of halogens is 1. The van der Waals surface area contributed by atoms with Crippen LogP contribution in [0, 0.1) is 5.92 Å². The molecule has 1 aliphatic carbocycles. The Labute approximate surface area is 135 Å². The van der Waals surface area contributed by atoms with Crippen molar-refractivity contribution in [3.8, 4) is 0 Å². The van der Waals surface area contributed by atoms with E-state index in [2.05, 4.69) is 5.32 Å². The molecular weight excluding hydrogens is 300 g/mol. The second-order valence-electron chi connectivity index (χ2n) is 6.41. The maximum Gasteiger partial charge on any atom is 0.225 e. The molecule has 0 aromatic heterocycles. The van der Waals surface area contributed by atoms with Crippen LogP contribution in [0.1, 0.15) is 31.7 Å². The van der Waals surface area contributed by atoms with Gasteiger partial charge >= 0.3 is 0 Å². The van der Waals surface area contributed by atoms with Gasteiger partial charge in [0.1, 0.15) is 0 Å². The normalized spacial score (nSPS) is 22.7. The van der Waals surface area contributed by atoms with Crippen LogP contribution in [0.15, 0.2) is 24.3 Å². The van der Waals surface area contributed by atoms with Gasteiger partial charge in [-0.2, -0.15) is 0 Å². The Hall–Kier alpha value is -1.55. The van der Waals surface area contributed by atoms with Gasteiger partial charge in [-0.1, -0.05) is 23.7 Å². The van der Waals surface area contributed by atoms with E-state index in [1.807, 2.05) is 31.2 Å². The summed E-state index contributed by atoms with van der Waals surface area (Å²) in [4.78, 5) is 26.0. The monoisotopic (exact) mass is 320 g/mol. The number of hydrogen-bond acceptors (Lipinski definition) is 2. The molecule has 3 rings (SSSR count). The Morgan fingerprint density at radius 3 is 2.59 bits per heavy atom. The van der Waals surface area contributed by atoms with E-state index in [0.29, 0.717) is 19.5 Å². The van der Waals surface area contributed by atoms with Crippen molar-refractivity contribution in [1.82, 2.24) is 10.2 Å². The molecule has 1 saturated carbocycles. The summed E-state index contributed by atoms with van der Waals surface area (Å²) in [5.41, 5.74) is 1.06. The molecule has 1 atom stereocenters. The number of nitrogens with zero attached hydrogens (tertiary/aromatic N) is 1. The van der Waals surface area contributed by atoms with Crippen LogP contribution >= 0.6 is 11.6 Å². The van der Waals surface area contributed by atoms with E-state index in [1.165, 1.54) is 5.56 Å². The van der Waals surface area contributed by atoms with Crippen molar-refractivity contribution in [2.75, 3.05) is 13.1 Å². The van der Waals surface area contributed by atoms with Crippen LogP contribution in [0.2, 0.25) is 5.02 Å². The van der Waals surface area contributed by atoms with Crippen LogP contribution in [0.3, 0.4) is 0 Å².